The predicted molar refractivity (Wildman–Crippen MR) is 75.4 cm³/mol. The quantitative estimate of drug-likeness (QED) is 0.534. The van der Waals surface area contributed by atoms with E-state index >= 15 is 0 Å². The van der Waals surface area contributed by atoms with Crippen molar-refractivity contribution in [3.05, 3.63) is 47.5 Å². The normalized spacial score (nSPS) is 31.6. The number of piperidine rings is 1. The summed E-state index contributed by atoms with van der Waals surface area (Å²) < 4.78 is 0. The van der Waals surface area contributed by atoms with Crippen LogP contribution in [0.15, 0.2) is 36.4 Å². The third-order valence-corrected chi connectivity index (χ3v) is 5.08. The lowest BCUT2D eigenvalue weighted by atomic mass is 9.73. The summed E-state index contributed by atoms with van der Waals surface area (Å²) in [5.74, 6) is 0.102. The lowest BCUT2D eigenvalue weighted by molar-refractivity contribution is -0.145. The summed E-state index contributed by atoms with van der Waals surface area (Å²) >= 11 is 0. The van der Waals surface area contributed by atoms with Crippen LogP contribution in [0.4, 0.5) is 0 Å². The van der Waals surface area contributed by atoms with Crippen molar-refractivity contribution in [2.75, 3.05) is 6.54 Å². The Kier molecular flexibility index (Phi) is 2.40. The molecule has 1 saturated heterocycles. The number of ketones is 1. The summed E-state index contributed by atoms with van der Waals surface area (Å²) in [6, 6.07) is 7.98. The van der Waals surface area contributed by atoms with E-state index in [1.54, 1.807) is 0 Å². The third-order valence-electron chi connectivity index (χ3n) is 5.08. The maximum absolute atomic E-state index is 12.9. The molecule has 1 aliphatic carbocycles. The Labute approximate surface area is 118 Å². The van der Waals surface area contributed by atoms with Crippen LogP contribution >= 0.6 is 0 Å². The molecule has 0 saturated carbocycles. The standard InChI is InChI=1S/C17H17NO2/c19-15-14-7-2-1-5-12(14)11-17(15)9-8-13-6-3-4-10-18(13)16(17)20/h1-5,7,13H,6,8-11H2. The number of hydrogen-bond donors (Lipinski definition) is 0. The van der Waals surface area contributed by atoms with Gasteiger partial charge in [0.1, 0.15) is 5.41 Å². The molecule has 0 aromatic heterocycles. The van der Waals surface area contributed by atoms with E-state index in [4.69, 9.17) is 0 Å². The first-order valence-electron chi connectivity index (χ1n) is 7.31. The highest BCUT2D eigenvalue weighted by atomic mass is 16.2. The average Bonchev–Trinajstić information content (AvgIpc) is 2.78. The van der Waals surface area contributed by atoms with Crippen LogP contribution in [0.25, 0.3) is 0 Å². The molecule has 102 valence electrons. The van der Waals surface area contributed by atoms with Crippen LogP contribution in [0, 0.1) is 5.41 Å². The first-order valence-corrected chi connectivity index (χ1v) is 7.31. The van der Waals surface area contributed by atoms with Crippen molar-refractivity contribution in [2.24, 2.45) is 5.41 Å². The molecule has 0 bridgehead atoms. The largest absolute Gasteiger partial charge is 0.335 e. The zero-order chi connectivity index (χ0) is 13.7. The molecule has 4 rings (SSSR count). The number of fused-ring (bicyclic) bond motifs is 2. The molecule has 2 unspecified atom stereocenters. The zero-order valence-electron chi connectivity index (χ0n) is 11.3. The molecule has 1 aromatic rings. The van der Waals surface area contributed by atoms with Crippen molar-refractivity contribution in [2.45, 2.75) is 31.7 Å². The second kappa shape index (κ2) is 4.05. The Morgan fingerprint density at radius 2 is 2.00 bits per heavy atom. The minimum atomic E-state index is -0.800. The van der Waals surface area contributed by atoms with Crippen molar-refractivity contribution in [1.82, 2.24) is 4.90 Å². The fraction of sp³-hybridized carbons (Fsp3) is 0.412. The fourth-order valence-electron chi connectivity index (χ4n) is 3.97. The van der Waals surface area contributed by atoms with Gasteiger partial charge in [-0.3, -0.25) is 9.59 Å². The number of nitrogens with zero attached hydrogens (tertiary/aromatic N) is 1. The summed E-state index contributed by atoms with van der Waals surface area (Å²) in [6.07, 6.45) is 7.36. The van der Waals surface area contributed by atoms with Crippen molar-refractivity contribution in [1.29, 1.82) is 0 Å². The lowest BCUT2D eigenvalue weighted by Gasteiger charge is -2.44. The van der Waals surface area contributed by atoms with Gasteiger partial charge in [-0.1, -0.05) is 36.4 Å². The number of benzene rings is 1. The first-order chi connectivity index (χ1) is 9.72. The van der Waals surface area contributed by atoms with Crippen LogP contribution in [-0.2, 0) is 11.2 Å². The third kappa shape index (κ3) is 1.41. The van der Waals surface area contributed by atoms with Crippen LogP contribution < -0.4 is 0 Å². The van der Waals surface area contributed by atoms with E-state index in [1.807, 2.05) is 35.2 Å². The first kappa shape index (κ1) is 11.9. The van der Waals surface area contributed by atoms with E-state index in [0.717, 1.165) is 24.0 Å². The van der Waals surface area contributed by atoms with E-state index in [1.165, 1.54) is 0 Å². The maximum Gasteiger partial charge on any atom is 0.237 e. The second-order valence-electron chi connectivity index (χ2n) is 6.10. The van der Waals surface area contributed by atoms with Crippen molar-refractivity contribution < 1.29 is 9.59 Å². The van der Waals surface area contributed by atoms with Gasteiger partial charge in [-0.15, -0.1) is 0 Å². The van der Waals surface area contributed by atoms with Crippen LogP contribution in [0.1, 0.15) is 35.2 Å². The molecule has 1 aromatic carbocycles. The Bertz CT molecular complexity index is 634. The number of Topliss-reactive ketones (excluding diaryl/α,β-unsaturated/α-hetero) is 1. The number of rotatable bonds is 0. The second-order valence-corrected chi connectivity index (χ2v) is 6.10. The molecule has 1 spiro atoms. The fourth-order valence-corrected chi connectivity index (χ4v) is 3.97. The Hall–Kier alpha value is -1.90. The van der Waals surface area contributed by atoms with Gasteiger partial charge in [0.25, 0.3) is 0 Å². The molecule has 20 heavy (non-hydrogen) atoms. The molecule has 0 N–H and O–H groups in total. The van der Waals surface area contributed by atoms with Gasteiger partial charge in [-0.05, 0) is 31.2 Å². The highest BCUT2D eigenvalue weighted by Crippen LogP contribution is 2.46. The van der Waals surface area contributed by atoms with E-state index in [0.29, 0.717) is 25.4 Å². The highest BCUT2D eigenvalue weighted by molar-refractivity contribution is 6.17. The van der Waals surface area contributed by atoms with E-state index in [9.17, 15) is 9.59 Å². The molecule has 3 nitrogen and oxygen atoms in total. The van der Waals surface area contributed by atoms with Crippen LogP contribution in [0.5, 0.6) is 0 Å². The summed E-state index contributed by atoms with van der Waals surface area (Å²) in [5, 5.41) is 0. The molecular formula is C17H17NO2. The molecule has 2 aliphatic heterocycles. The molecule has 0 radical (unpaired) electrons. The number of carbonyl (C=O) groups is 2. The zero-order valence-corrected chi connectivity index (χ0v) is 11.3. The molecule has 2 atom stereocenters. The van der Waals surface area contributed by atoms with E-state index in [-0.39, 0.29) is 11.7 Å². The Morgan fingerprint density at radius 1 is 1.15 bits per heavy atom. The van der Waals surface area contributed by atoms with Crippen molar-refractivity contribution >= 4 is 11.7 Å². The smallest absolute Gasteiger partial charge is 0.237 e. The molecule has 1 amide bonds. The molecule has 1 fully saturated rings. The minimum Gasteiger partial charge on any atom is -0.335 e. The minimum absolute atomic E-state index is 0.0473. The van der Waals surface area contributed by atoms with Crippen LogP contribution in [-0.4, -0.2) is 29.2 Å². The van der Waals surface area contributed by atoms with E-state index < -0.39 is 5.41 Å². The molecule has 3 aliphatic rings. The van der Waals surface area contributed by atoms with Crippen molar-refractivity contribution in [3.63, 3.8) is 0 Å². The van der Waals surface area contributed by atoms with Gasteiger partial charge >= 0.3 is 0 Å². The monoisotopic (exact) mass is 267 g/mol. The summed E-state index contributed by atoms with van der Waals surface area (Å²) in [5.41, 5.74) is 0.995. The molecule has 2 heterocycles. The molecular weight excluding hydrogens is 250 g/mol. The number of carbonyl (C=O) groups excluding carboxylic acids is 2. The van der Waals surface area contributed by atoms with Gasteiger partial charge in [-0.2, -0.15) is 0 Å². The van der Waals surface area contributed by atoms with Crippen LogP contribution in [0.2, 0.25) is 0 Å². The average molecular weight is 267 g/mol. The highest BCUT2D eigenvalue weighted by Gasteiger charge is 2.55. The number of hydrogen-bond acceptors (Lipinski definition) is 2. The summed E-state index contributed by atoms with van der Waals surface area (Å²) in [4.78, 5) is 27.7. The SMILES string of the molecule is O=C1c2ccccc2CC12CCC1CC=CCN1C2=O. The van der Waals surface area contributed by atoms with Gasteiger partial charge in [0.15, 0.2) is 5.78 Å². The lowest BCUT2D eigenvalue weighted by Crippen LogP contribution is -2.56. The van der Waals surface area contributed by atoms with Gasteiger partial charge in [0.05, 0.1) is 0 Å². The maximum atomic E-state index is 12.9. The number of amides is 1. The van der Waals surface area contributed by atoms with Gasteiger partial charge in [-0.25, -0.2) is 0 Å². The van der Waals surface area contributed by atoms with Gasteiger partial charge in [0, 0.05) is 18.2 Å². The predicted octanol–water partition coefficient (Wildman–Crippen LogP) is 2.36. The Morgan fingerprint density at radius 3 is 2.85 bits per heavy atom. The van der Waals surface area contributed by atoms with Gasteiger partial charge < -0.3 is 4.90 Å². The molecule has 3 heteroatoms. The van der Waals surface area contributed by atoms with Gasteiger partial charge in [0.2, 0.25) is 5.91 Å². The summed E-state index contributed by atoms with van der Waals surface area (Å²) in [7, 11) is 0. The van der Waals surface area contributed by atoms with E-state index in [2.05, 4.69) is 6.08 Å². The Balaban J connectivity index is 1.75. The topological polar surface area (TPSA) is 37.4 Å². The van der Waals surface area contributed by atoms with Crippen LogP contribution in [0.3, 0.4) is 0 Å². The van der Waals surface area contributed by atoms with Crippen molar-refractivity contribution in [3.8, 4) is 0 Å². The summed E-state index contributed by atoms with van der Waals surface area (Å²) in [6.45, 7) is 0.662.